The summed E-state index contributed by atoms with van der Waals surface area (Å²) in [5, 5.41) is 6.72. The summed E-state index contributed by atoms with van der Waals surface area (Å²) in [7, 11) is 0. The molecule has 2 heterocycles. The van der Waals surface area contributed by atoms with Crippen molar-refractivity contribution >= 4 is 17.4 Å². The van der Waals surface area contributed by atoms with Gasteiger partial charge in [-0.2, -0.15) is 4.98 Å². The molecule has 0 radical (unpaired) electrons. The Morgan fingerprint density at radius 1 is 1.14 bits per heavy atom. The van der Waals surface area contributed by atoms with Gasteiger partial charge in [0.2, 0.25) is 6.39 Å². The molecule has 1 aromatic carbocycles. The first-order valence-electron chi connectivity index (χ1n) is 12.3. The van der Waals surface area contributed by atoms with Gasteiger partial charge in [-0.3, -0.25) is 9.59 Å². The summed E-state index contributed by atoms with van der Waals surface area (Å²) in [6.07, 6.45) is 4.38. The van der Waals surface area contributed by atoms with E-state index in [1.807, 2.05) is 39.0 Å². The fourth-order valence-corrected chi connectivity index (χ4v) is 3.76. The largest absolute Gasteiger partial charge is 0.367 e. The van der Waals surface area contributed by atoms with E-state index in [0.29, 0.717) is 47.7 Å². The van der Waals surface area contributed by atoms with E-state index in [4.69, 9.17) is 4.52 Å². The van der Waals surface area contributed by atoms with E-state index in [1.54, 1.807) is 42.0 Å². The standard InChI is InChI=1S/C26H30FN5O3.C2H6/c1-17(24-29-16-35-30-24)13-28-14-23(19(3)21(5)27)20(4)25(33)31-11-12-32(18(2)15-31)26(34)22-9-7-6-8-10-22;1-2/h6-10,13-14,16,18,28H,4,11-12,15H2,1-3,5H3;1-2H3/b17-13-,21-19-,23-14+;. The third-order valence-electron chi connectivity index (χ3n) is 5.94. The van der Waals surface area contributed by atoms with Crippen LogP contribution in [0.25, 0.3) is 5.57 Å². The van der Waals surface area contributed by atoms with Gasteiger partial charge in [-0.05, 0) is 45.4 Å². The molecule has 0 saturated carbocycles. The molecular formula is C28H36FN5O3. The molecule has 1 aliphatic rings. The van der Waals surface area contributed by atoms with Crippen LogP contribution in [0.3, 0.4) is 0 Å². The average Bonchev–Trinajstić information content (AvgIpc) is 3.46. The van der Waals surface area contributed by atoms with E-state index in [1.165, 1.54) is 19.5 Å². The topological polar surface area (TPSA) is 91.6 Å². The maximum atomic E-state index is 14.1. The van der Waals surface area contributed by atoms with E-state index in [9.17, 15) is 14.0 Å². The number of amides is 2. The number of piperazine rings is 1. The van der Waals surface area contributed by atoms with Gasteiger partial charge in [0.15, 0.2) is 5.82 Å². The van der Waals surface area contributed by atoms with Gasteiger partial charge in [0.25, 0.3) is 11.8 Å². The highest BCUT2D eigenvalue weighted by Crippen LogP contribution is 2.24. The summed E-state index contributed by atoms with van der Waals surface area (Å²) in [5.41, 5.74) is 2.11. The zero-order valence-electron chi connectivity index (χ0n) is 22.4. The minimum Gasteiger partial charge on any atom is -0.367 e. The average molecular weight is 510 g/mol. The number of hydrogen-bond donors (Lipinski definition) is 1. The van der Waals surface area contributed by atoms with E-state index >= 15 is 0 Å². The molecule has 1 saturated heterocycles. The molecule has 8 nitrogen and oxygen atoms in total. The summed E-state index contributed by atoms with van der Waals surface area (Å²) in [6, 6.07) is 8.89. The maximum Gasteiger partial charge on any atom is 0.254 e. The van der Waals surface area contributed by atoms with Crippen molar-refractivity contribution in [3.05, 3.63) is 89.6 Å². The Balaban J connectivity index is 0.00000235. The van der Waals surface area contributed by atoms with Gasteiger partial charge < -0.3 is 19.6 Å². The minimum absolute atomic E-state index is 0.0654. The number of carbonyl (C=O) groups excluding carboxylic acids is 2. The Labute approximate surface area is 218 Å². The monoisotopic (exact) mass is 509 g/mol. The fourth-order valence-electron chi connectivity index (χ4n) is 3.76. The minimum atomic E-state index is -0.419. The molecule has 1 atom stereocenters. The lowest BCUT2D eigenvalue weighted by molar-refractivity contribution is -0.129. The molecule has 37 heavy (non-hydrogen) atoms. The van der Waals surface area contributed by atoms with Crippen molar-refractivity contribution in [2.45, 2.75) is 47.6 Å². The van der Waals surface area contributed by atoms with Crippen molar-refractivity contribution < 1.29 is 18.5 Å². The Hall–Kier alpha value is -4.01. The number of nitrogens with one attached hydrogen (secondary N) is 1. The van der Waals surface area contributed by atoms with Crippen LogP contribution in [-0.2, 0) is 4.79 Å². The molecule has 2 amide bonds. The van der Waals surface area contributed by atoms with E-state index in [0.717, 1.165) is 0 Å². The lowest BCUT2D eigenvalue weighted by Crippen LogP contribution is -2.55. The molecule has 0 spiro atoms. The molecule has 1 N–H and O–H groups in total. The van der Waals surface area contributed by atoms with Crippen molar-refractivity contribution in [1.82, 2.24) is 25.3 Å². The Morgan fingerprint density at radius 2 is 1.81 bits per heavy atom. The van der Waals surface area contributed by atoms with Crippen LogP contribution in [-0.4, -0.2) is 57.4 Å². The van der Waals surface area contributed by atoms with Gasteiger partial charge in [0.1, 0.15) is 5.83 Å². The van der Waals surface area contributed by atoms with Crippen LogP contribution in [0.1, 0.15) is 57.7 Å². The second-order valence-corrected chi connectivity index (χ2v) is 8.41. The quantitative estimate of drug-likeness (QED) is 0.411. The zero-order chi connectivity index (χ0) is 27.5. The smallest absolute Gasteiger partial charge is 0.254 e. The third kappa shape index (κ3) is 7.49. The first kappa shape index (κ1) is 29.2. The molecule has 0 aliphatic carbocycles. The van der Waals surface area contributed by atoms with Crippen molar-refractivity contribution in [3.63, 3.8) is 0 Å². The summed E-state index contributed by atoms with van der Waals surface area (Å²) >= 11 is 0. The van der Waals surface area contributed by atoms with Crippen molar-refractivity contribution in [3.8, 4) is 0 Å². The summed E-state index contributed by atoms with van der Waals surface area (Å²) in [6.45, 7) is 15.7. The molecule has 9 heteroatoms. The lowest BCUT2D eigenvalue weighted by Gasteiger charge is -2.40. The number of aromatic nitrogens is 2. The molecule has 1 aliphatic heterocycles. The van der Waals surface area contributed by atoms with Crippen molar-refractivity contribution in [2.75, 3.05) is 19.6 Å². The second-order valence-electron chi connectivity index (χ2n) is 8.41. The third-order valence-corrected chi connectivity index (χ3v) is 5.94. The summed E-state index contributed by atoms with van der Waals surface area (Å²) in [4.78, 5) is 33.6. The van der Waals surface area contributed by atoms with E-state index in [-0.39, 0.29) is 23.4 Å². The highest BCUT2D eigenvalue weighted by Gasteiger charge is 2.31. The van der Waals surface area contributed by atoms with Crippen LogP contribution in [0, 0.1) is 0 Å². The Kier molecular flexibility index (Phi) is 11.0. The molecule has 2 aromatic rings. The predicted octanol–water partition coefficient (Wildman–Crippen LogP) is 5.12. The normalized spacial score (nSPS) is 16.9. The van der Waals surface area contributed by atoms with Crippen LogP contribution in [0.15, 0.2) is 82.8 Å². The van der Waals surface area contributed by atoms with Gasteiger partial charge in [0.05, 0.1) is 0 Å². The molecule has 0 bridgehead atoms. The number of halogens is 1. The number of rotatable bonds is 7. The predicted molar refractivity (Wildman–Crippen MR) is 143 cm³/mol. The first-order valence-corrected chi connectivity index (χ1v) is 12.3. The van der Waals surface area contributed by atoms with Crippen LogP contribution in [0.5, 0.6) is 0 Å². The van der Waals surface area contributed by atoms with Crippen LogP contribution < -0.4 is 5.32 Å². The first-order chi connectivity index (χ1) is 17.7. The Bertz CT molecular complexity index is 1170. The molecule has 1 fully saturated rings. The molecule has 3 rings (SSSR count). The van der Waals surface area contributed by atoms with Gasteiger partial charge in [0, 0.05) is 60.4 Å². The maximum absolute atomic E-state index is 14.1. The SMILES string of the molecule is C=C(C(=O)N1CCN(C(=O)c2ccccc2)C(C)C1)C(=C/N/C=C(/C)c1ncon1)/C(C)=C(/C)F.CC. The number of nitrogens with zero attached hydrogens (tertiary/aromatic N) is 4. The van der Waals surface area contributed by atoms with E-state index < -0.39 is 5.83 Å². The van der Waals surface area contributed by atoms with Gasteiger partial charge in [-0.15, -0.1) is 0 Å². The fraction of sp³-hybridized carbons (Fsp3) is 0.357. The highest BCUT2D eigenvalue weighted by atomic mass is 19.1. The van der Waals surface area contributed by atoms with Gasteiger partial charge >= 0.3 is 0 Å². The number of hydrogen-bond acceptors (Lipinski definition) is 6. The van der Waals surface area contributed by atoms with Gasteiger partial charge in [-0.1, -0.05) is 43.8 Å². The molecule has 1 aromatic heterocycles. The van der Waals surface area contributed by atoms with Crippen molar-refractivity contribution in [2.24, 2.45) is 0 Å². The van der Waals surface area contributed by atoms with Crippen LogP contribution in [0.4, 0.5) is 4.39 Å². The summed E-state index contributed by atoms with van der Waals surface area (Å²) in [5.74, 6) is -0.383. The van der Waals surface area contributed by atoms with E-state index in [2.05, 4.69) is 22.0 Å². The number of carbonyl (C=O) groups is 2. The van der Waals surface area contributed by atoms with Crippen LogP contribution >= 0.6 is 0 Å². The van der Waals surface area contributed by atoms with Crippen molar-refractivity contribution in [1.29, 1.82) is 0 Å². The number of allylic oxidation sites excluding steroid dienone is 3. The van der Waals surface area contributed by atoms with Crippen LogP contribution in [0.2, 0.25) is 0 Å². The highest BCUT2D eigenvalue weighted by molar-refractivity contribution is 5.99. The number of benzene rings is 1. The molecule has 1 unspecified atom stereocenters. The molecule has 198 valence electrons. The zero-order valence-corrected chi connectivity index (χ0v) is 22.4. The van der Waals surface area contributed by atoms with Gasteiger partial charge in [-0.25, -0.2) is 4.39 Å². The molecular weight excluding hydrogens is 473 g/mol. The Morgan fingerprint density at radius 3 is 2.38 bits per heavy atom. The lowest BCUT2D eigenvalue weighted by atomic mass is 9.98. The summed E-state index contributed by atoms with van der Waals surface area (Å²) < 4.78 is 18.9. The second kappa shape index (κ2) is 13.9.